The van der Waals surface area contributed by atoms with Crippen LogP contribution in [0, 0.1) is 6.92 Å². The average molecular weight is 366 g/mol. The summed E-state index contributed by atoms with van der Waals surface area (Å²) >= 11 is 0. The number of hydrogen-bond acceptors (Lipinski definition) is 3. The van der Waals surface area contributed by atoms with E-state index < -0.39 is 17.6 Å². The first kappa shape index (κ1) is 18.0. The average Bonchev–Trinajstić information content (AvgIpc) is 3.06. The number of carbonyl (C=O) groups is 2. The molecule has 0 bridgehead atoms. The number of nitrogens with zero attached hydrogens (tertiary/aromatic N) is 3. The lowest BCUT2D eigenvalue weighted by Gasteiger charge is -2.34. The van der Waals surface area contributed by atoms with Gasteiger partial charge in [-0.1, -0.05) is 6.07 Å². The Morgan fingerprint density at radius 3 is 2.23 bits per heavy atom. The highest BCUT2D eigenvalue weighted by Gasteiger charge is 2.32. The van der Waals surface area contributed by atoms with Gasteiger partial charge in [-0.05, 0) is 25.1 Å². The molecule has 0 saturated carbocycles. The topological polar surface area (TPSA) is 69.3 Å². The number of benzene rings is 1. The van der Waals surface area contributed by atoms with Crippen LogP contribution in [0.5, 0.6) is 0 Å². The van der Waals surface area contributed by atoms with E-state index in [1.54, 1.807) is 11.8 Å². The molecule has 0 aliphatic carbocycles. The molecule has 0 atom stereocenters. The van der Waals surface area contributed by atoms with Crippen LogP contribution in [0.15, 0.2) is 30.5 Å². The Bertz CT molecular complexity index is 823. The van der Waals surface area contributed by atoms with Crippen LogP contribution < -0.4 is 0 Å². The standard InChI is InChI=1S/C17H17F3N4O2/c1-11-14(10-21-22-11)16(26)24-7-5-23(6-8-24)15(25)12-3-2-4-13(9-12)17(18,19)20/h2-4,9-10H,5-8H2,1H3,(H,21,22). The Balaban J connectivity index is 1.66. The normalized spacial score (nSPS) is 15.2. The summed E-state index contributed by atoms with van der Waals surface area (Å²) in [6.07, 6.45) is -3.04. The molecule has 6 nitrogen and oxygen atoms in total. The maximum absolute atomic E-state index is 12.8. The van der Waals surface area contributed by atoms with Crippen molar-refractivity contribution in [3.63, 3.8) is 0 Å². The van der Waals surface area contributed by atoms with Gasteiger partial charge in [0.1, 0.15) is 0 Å². The molecule has 1 saturated heterocycles. The Hall–Kier alpha value is -2.84. The fourth-order valence-corrected chi connectivity index (χ4v) is 2.86. The molecule has 1 N–H and O–H groups in total. The molecule has 0 spiro atoms. The van der Waals surface area contributed by atoms with E-state index in [-0.39, 0.29) is 24.6 Å². The van der Waals surface area contributed by atoms with Crippen molar-refractivity contribution in [1.29, 1.82) is 0 Å². The molecule has 0 unspecified atom stereocenters. The maximum Gasteiger partial charge on any atom is 0.416 e. The van der Waals surface area contributed by atoms with Crippen molar-refractivity contribution in [2.75, 3.05) is 26.2 Å². The molecule has 1 fully saturated rings. The van der Waals surface area contributed by atoms with E-state index in [1.165, 1.54) is 23.2 Å². The van der Waals surface area contributed by atoms with Crippen LogP contribution >= 0.6 is 0 Å². The molecule has 138 valence electrons. The van der Waals surface area contributed by atoms with Gasteiger partial charge in [-0.2, -0.15) is 18.3 Å². The van der Waals surface area contributed by atoms with Crippen LogP contribution in [-0.4, -0.2) is 58.0 Å². The molecule has 9 heteroatoms. The number of piperazine rings is 1. The van der Waals surface area contributed by atoms with E-state index in [9.17, 15) is 22.8 Å². The third-order valence-corrected chi connectivity index (χ3v) is 4.35. The highest BCUT2D eigenvalue weighted by atomic mass is 19.4. The van der Waals surface area contributed by atoms with E-state index in [1.807, 2.05) is 0 Å². The number of halogens is 3. The zero-order chi connectivity index (χ0) is 18.9. The van der Waals surface area contributed by atoms with Gasteiger partial charge in [-0.3, -0.25) is 14.7 Å². The molecule has 1 aromatic heterocycles. The molecule has 1 aliphatic rings. The van der Waals surface area contributed by atoms with Crippen molar-refractivity contribution in [2.24, 2.45) is 0 Å². The van der Waals surface area contributed by atoms with Crippen LogP contribution in [0.1, 0.15) is 32.0 Å². The number of hydrogen-bond donors (Lipinski definition) is 1. The Morgan fingerprint density at radius 2 is 1.69 bits per heavy atom. The van der Waals surface area contributed by atoms with Crippen molar-refractivity contribution in [3.8, 4) is 0 Å². The zero-order valence-corrected chi connectivity index (χ0v) is 14.0. The lowest BCUT2D eigenvalue weighted by atomic mass is 10.1. The zero-order valence-electron chi connectivity index (χ0n) is 14.0. The summed E-state index contributed by atoms with van der Waals surface area (Å²) < 4.78 is 38.4. The minimum atomic E-state index is -4.50. The first-order chi connectivity index (χ1) is 12.3. The number of nitrogens with one attached hydrogen (secondary N) is 1. The Morgan fingerprint density at radius 1 is 1.08 bits per heavy atom. The fourth-order valence-electron chi connectivity index (χ4n) is 2.86. The number of carbonyl (C=O) groups excluding carboxylic acids is 2. The van der Waals surface area contributed by atoms with Gasteiger partial charge in [0.15, 0.2) is 0 Å². The number of aryl methyl sites for hydroxylation is 1. The molecule has 26 heavy (non-hydrogen) atoms. The van der Waals surface area contributed by atoms with Gasteiger partial charge in [0, 0.05) is 37.4 Å². The molecule has 0 radical (unpaired) electrons. The third-order valence-electron chi connectivity index (χ3n) is 4.35. The quantitative estimate of drug-likeness (QED) is 0.887. The second-order valence-electron chi connectivity index (χ2n) is 6.07. The molecule has 2 aromatic rings. The summed E-state index contributed by atoms with van der Waals surface area (Å²) in [6.45, 7) is 2.89. The lowest BCUT2D eigenvalue weighted by molar-refractivity contribution is -0.137. The minimum Gasteiger partial charge on any atom is -0.335 e. The van der Waals surface area contributed by atoms with E-state index in [0.29, 0.717) is 24.3 Å². The van der Waals surface area contributed by atoms with Crippen LogP contribution in [-0.2, 0) is 6.18 Å². The summed E-state index contributed by atoms with van der Waals surface area (Å²) in [5.74, 6) is -0.648. The second kappa shape index (κ2) is 6.81. The van der Waals surface area contributed by atoms with Gasteiger partial charge in [-0.25, -0.2) is 0 Å². The number of rotatable bonds is 2. The minimum absolute atomic E-state index is 0.00900. The summed E-state index contributed by atoms with van der Waals surface area (Å²) in [5.41, 5.74) is 0.276. The smallest absolute Gasteiger partial charge is 0.335 e. The van der Waals surface area contributed by atoms with Crippen LogP contribution in [0.2, 0.25) is 0 Å². The number of amides is 2. The SMILES string of the molecule is Cc1[nH]ncc1C(=O)N1CCN(C(=O)c2cccc(C(F)(F)F)c2)CC1. The number of aromatic nitrogens is 2. The van der Waals surface area contributed by atoms with Crippen LogP contribution in [0.4, 0.5) is 13.2 Å². The molecule has 2 heterocycles. The van der Waals surface area contributed by atoms with Crippen molar-refractivity contribution >= 4 is 11.8 Å². The van der Waals surface area contributed by atoms with Crippen LogP contribution in [0.25, 0.3) is 0 Å². The van der Waals surface area contributed by atoms with E-state index in [0.717, 1.165) is 12.1 Å². The van der Waals surface area contributed by atoms with Gasteiger partial charge in [0.25, 0.3) is 11.8 Å². The summed E-state index contributed by atoms with van der Waals surface area (Å²) in [7, 11) is 0. The summed E-state index contributed by atoms with van der Waals surface area (Å²) in [4.78, 5) is 28.0. The van der Waals surface area contributed by atoms with Gasteiger partial charge in [0.05, 0.1) is 17.3 Å². The number of H-pyrrole nitrogens is 1. The Kier molecular flexibility index (Phi) is 4.71. The summed E-state index contributed by atoms with van der Waals surface area (Å²) in [6, 6.07) is 4.37. The maximum atomic E-state index is 12.8. The van der Waals surface area contributed by atoms with Crippen LogP contribution in [0.3, 0.4) is 0 Å². The van der Waals surface area contributed by atoms with Crippen molar-refractivity contribution in [1.82, 2.24) is 20.0 Å². The lowest BCUT2D eigenvalue weighted by Crippen LogP contribution is -2.50. The fraction of sp³-hybridized carbons (Fsp3) is 0.353. The molecular weight excluding hydrogens is 349 g/mol. The van der Waals surface area contributed by atoms with Gasteiger partial charge >= 0.3 is 6.18 Å². The molecule has 3 rings (SSSR count). The highest BCUT2D eigenvalue weighted by molar-refractivity contribution is 5.96. The first-order valence-electron chi connectivity index (χ1n) is 8.03. The second-order valence-corrected chi connectivity index (χ2v) is 6.07. The largest absolute Gasteiger partial charge is 0.416 e. The van der Waals surface area contributed by atoms with Crippen molar-refractivity contribution in [3.05, 3.63) is 52.8 Å². The van der Waals surface area contributed by atoms with Gasteiger partial charge in [-0.15, -0.1) is 0 Å². The van der Waals surface area contributed by atoms with Gasteiger partial charge < -0.3 is 9.80 Å². The molecule has 1 aromatic carbocycles. The van der Waals surface area contributed by atoms with Crippen molar-refractivity contribution in [2.45, 2.75) is 13.1 Å². The predicted molar refractivity (Wildman–Crippen MR) is 86.6 cm³/mol. The third kappa shape index (κ3) is 3.56. The predicted octanol–water partition coefficient (Wildman–Crippen LogP) is 2.34. The summed E-state index contributed by atoms with van der Waals surface area (Å²) in [5, 5.41) is 6.52. The van der Waals surface area contributed by atoms with E-state index in [2.05, 4.69) is 10.2 Å². The van der Waals surface area contributed by atoms with Gasteiger partial charge in [0.2, 0.25) is 0 Å². The highest BCUT2D eigenvalue weighted by Crippen LogP contribution is 2.29. The van der Waals surface area contributed by atoms with E-state index >= 15 is 0 Å². The monoisotopic (exact) mass is 366 g/mol. The molecule has 2 amide bonds. The number of alkyl halides is 3. The van der Waals surface area contributed by atoms with E-state index in [4.69, 9.17) is 0 Å². The Labute approximate surface area is 147 Å². The first-order valence-corrected chi connectivity index (χ1v) is 8.03. The van der Waals surface area contributed by atoms with Crippen molar-refractivity contribution < 1.29 is 22.8 Å². The molecular formula is C17H17F3N4O2. The number of aromatic amines is 1. The molecule has 1 aliphatic heterocycles.